The number of hydrogen-bond donors (Lipinski definition) is 2. The third kappa shape index (κ3) is 4.12. The minimum Gasteiger partial charge on any atom is -0.371 e. The van der Waals surface area contributed by atoms with Crippen LogP contribution in [-0.2, 0) is 9.59 Å². The van der Waals surface area contributed by atoms with Crippen LogP contribution in [0.3, 0.4) is 0 Å². The lowest BCUT2D eigenvalue weighted by Gasteiger charge is -2.55. The van der Waals surface area contributed by atoms with Crippen LogP contribution in [0.15, 0.2) is 24.3 Å². The van der Waals surface area contributed by atoms with E-state index < -0.39 is 0 Å². The Balaban J connectivity index is 1.11. The van der Waals surface area contributed by atoms with Crippen molar-refractivity contribution in [2.45, 2.75) is 44.4 Å². The fourth-order valence-electron chi connectivity index (χ4n) is 5.95. The molecule has 4 aliphatic heterocycles. The van der Waals surface area contributed by atoms with E-state index in [-0.39, 0.29) is 17.7 Å². The average Bonchev–Trinajstić information content (AvgIpc) is 2.74. The van der Waals surface area contributed by atoms with Crippen LogP contribution in [0.5, 0.6) is 0 Å². The van der Waals surface area contributed by atoms with Crippen molar-refractivity contribution in [3.8, 4) is 0 Å². The van der Waals surface area contributed by atoms with Crippen molar-refractivity contribution in [2.24, 2.45) is 11.3 Å². The summed E-state index contributed by atoms with van der Waals surface area (Å²) < 4.78 is 0. The summed E-state index contributed by atoms with van der Waals surface area (Å²) in [5.41, 5.74) is 2.83. The molecule has 2 N–H and O–H groups in total. The van der Waals surface area contributed by atoms with Crippen LogP contribution in [0.2, 0.25) is 0 Å². The van der Waals surface area contributed by atoms with Gasteiger partial charge in [0.1, 0.15) is 0 Å². The number of amides is 2. The molecule has 6 nitrogen and oxygen atoms in total. The van der Waals surface area contributed by atoms with E-state index in [1.807, 2.05) is 0 Å². The smallest absolute Gasteiger partial charge is 0.234 e. The predicted octanol–water partition coefficient (Wildman–Crippen LogP) is 2.11. The number of benzene rings is 1. The van der Waals surface area contributed by atoms with Gasteiger partial charge in [-0.05, 0) is 74.2 Å². The number of carbonyl (C=O) groups is 2. The maximum Gasteiger partial charge on any atom is 0.234 e. The molecule has 6 heteroatoms. The van der Waals surface area contributed by atoms with E-state index in [0.717, 1.165) is 24.6 Å². The summed E-state index contributed by atoms with van der Waals surface area (Å²) in [6.07, 6.45) is 6.29. The average molecular weight is 411 g/mol. The topological polar surface area (TPSA) is 64.7 Å². The number of hydrogen-bond acceptors (Lipinski definition) is 5. The molecular weight excluding hydrogens is 376 g/mol. The van der Waals surface area contributed by atoms with Gasteiger partial charge in [-0.15, -0.1) is 0 Å². The Hall–Kier alpha value is -1.92. The molecule has 1 unspecified atom stereocenters. The number of nitrogens with zero attached hydrogens (tertiary/aromatic N) is 2. The SMILES string of the molecule is O=C1CCC(c2ccc(N3CCC4(CC3)CN(CC3CCNCC3)C4)cc2)C(=O)N1. The van der Waals surface area contributed by atoms with E-state index in [9.17, 15) is 9.59 Å². The van der Waals surface area contributed by atoms with Crippen molar-refractivity contribution in [3.05, 3.63) is 29.8 Å². The van der Waals surface area contributed by atoms with E-state index in [1.165, 1.54) is 64.1 Å². The van der Waals surface area contributed by atoms with Crippen LogP contribution in [0.4, 0.5) is 5.69 Å². The van der Waals surface area contributed by atoms with Crippen LogP contribution in [0.1, 0.15) is 50.0 Å². The van der Waals surface area contributed by atoms with Crippen molar-refractivity contribution < 1.29 is 9.59 Å². The summed E-state index contributed by atoms with van der Waals surface area (Å²) in [5, 5.41) is 5.93. The van der Waals surface area contributed by atoms with Gasteiger partial charge in [-0.25, -0.2) is 0 Å². The summed E-state index contributed by atoms with van der Waals surface area (Å²) >= 11 is 0. The molecule has 0 bridgehead atoms. The Kier molecular flexibility index (Phi) is 5.54. The van der Waals surface area contributed by atoms with Gasteiger partial charge in [-0.3, -0.25) is 14.9 Å². The van der Waals surface area contributed by atoms with Gasteiger partial charge in [0.2, 0.25) is 11.8 Å². The summed E-state index contributed by atoms with van der Waals surface area (Å²) in [4.78, 5) is 28.7. The van der Waals surface area contributed by atoms with Gasteiger partial charge in [0.25, 0.3) is 0 Å². The molecule has 0 saturated carbocycles. The summed E-state index contributed by atoms with van der Waals surface area (Å²) in [5.74, 6) is 0.396. The molecule has 30 heavy (non-hydrogen) atoms. The van der Waals surface area contributed by atoms with E-state index >= 15 is 0 Å². The minimum absolute atomic E-state index is 0.152. The lowest BCUT2D eigenvalue weighted by atomic mass is 9.71. The first-order chi connectivity index (χ1) is 14.6. The molecule has 4 heterocycles. The normalized spacial score (nSPS) is 27.7. The first-order valence-corrected chi connectivity index (χ1v) is 11.7. The third-order valence-corrected chi connectivity index (χ3v) is 7.82. The van der Waals surface area contributed by atoms with Crippen LogP contribution >= 0.6 is 0 Å². The summed E-state index contributed by atoms with van der Waals surface area (Å²) in [7, 11) is 0. The molecule has 0 aliphatic carbocycles. The molecule has 4 saturated heterocycles. The highest BCUT2D eigenvalue weighted by Gasteiger charge is 2.45. The zero-order valence-electron chi connectivity index (χ0n) is 17.9. The van der Waals surface area contributed by atoms with Crippen LogP contribution in [-0.4, -0.2) is 62.5 Å². The van der Waals surface area contributed by atoms with Gasteiger partial charge in [0, 0.05) is 44.8 Å². The molecule has 4 aliphatic rings. The number of nitrogens with one attached hydrogen (secondary N) is 2. The Bertz CT molecular complexity index is 771. The quantitative estimate of drug-likeness (QED) is 0.745. The molecule has 1 atom stereocenters. The second-order valence-corrected chi connectivity index (χ2v) is 9.95. The lowest BCUT2D eigenvalue weighted by molar-refractivity contribution is -0.134. The number of anilines is 1. The second kappa shape index (κ2) is 8.31. The Morgan fingerprint density at radius 1 is 0.967 bits per heavy atom. The molecule has 162 valence electrons. The van der Waals surface area contributed by atoms with E-state index in [4.69, 9.17) is 0 Å². The van der Waals surface area contributed by atoms with Gasteiger partial charge >= 0.3 is 0 Å². The monoisotopic (exact) mass is 410 g/mol. The minimum atomic E-state index is -0.192. The molecule has 0 radical (unpaired) electrons. The fourth-order valence-corrected chi connectivity index (χ4v) is 5.95. The highest BCUT2D eigenvalue weighted by atomic mass is 16.2. The molecule has 1 aromatic rings. The van der Waals surface area contributed by atoms with Gasteiger partial charge in [-0.2, -0.15) is 0 Å². The molecular formula is C24H34N4O2. The second-order valence-electron chi connectivity index (χ2n) is 9.95. The molecule has 2 amide bonds. The van der Waals surface area contributed by atoms with Crippen molar-refractivity contribution in [1.29, 1.82) is 0 Å². The van der Waals surface area contributed by atoms with Crippen LogP contribution < -0.4 is 15.5 Å². The first-order valence-electron chi connectivity index (χ1n) is 11.7. The van der Waals surface area contributed by atoms with Crippen LogP contribution in [0.25, 0.3) is 0 Å². The molecule has 5 rings (SSSR count). The number of rotatable bonds is 4. The van der Waals surface area contributed by atoms with Crippen molar-refractivity contribution >= 4 is 17.5 Å². The van der Waals surface area contributed by atoms with Gasteiger partial charge < -0.3 is 15.1 Å². The van der Waals surface area contributed by atoms with Gasteiger partial charge in [-0.1, -0.05) is 12.1 Å². The van der Waals surface area contributed by atoms with Crippen molar-refractivity contribution in [3.63, 3.8) is 0 Å². The summed E-state index contributed by atoms with van der Waals surface area (Å²) in [6, 6.07) is 8.45. The zero-order chi connectivity index (χ0) is 20.6. The maximum atomic E-state index is 12.1. The molecule has 0 aromatic heterocycles. The van der Waals surface area contributed by atoms with E-state index in [1.54, 1.807) is 0 Å². The lowest BCUT2D eigenvalue weighted by Crippen LogP contribution is -2.61. The fraction of sp³-hybridized carbons (Fsp3) is 0.667. The van der Waals surface area contributed by atoms with Gasteiger partial charge in [0.15, 0.2) is 0 Å². The number of likely N-dealkylation sites (tertiary alicyclic amines) is 1. The largest absolute Gasteiger partial charge is 0.371 e. The Labute approximate surface area is 179 Å². The number of carbonyl (C=O) groups excluding carboxylic acids is 2. The molecule has 1 spiro atoms. The summed E-state index contributed by atoms with van der Waals surface area (Å²) in [6.45, 7) is 8.52. The highest BCUT2D eigenvalue weighted by Crippen LogP contribution is 2.42. The predicted molar refractivity (Wildman–Crippen MR) is 117 cm³/mol. The Morgan fingerprint density at radius 3 is 2.33 bits per heavy atom. The first kappa shape index (κ1) is 20.0. The van der Waals surface area contributed by atoms with Gasteiger partial charge in [0.05, 0.1) is 5.92 Å². The van der Waals surface area contributed by atoms with E-state index in [0.29, 0.717) is 18.3 Å². The Morgan fingerprint density at radius 2 is 1.67 bits per heavy atom. The molecule has 4 fully saturated rings. The van der Waals surface area contributed by atoms with Crippen molar-refractivity contribution in [2.75, 3.05) is 50.7 Å². The van der Waals surface area contributed by atoms with Crippen LogP contribution in [0, 0.1) is 11.3 Å². The zero-order valence-corrected chi connectivity index (χ0v) is 17.9. The number of piperidine rings is 3. The molecule has 1 aromatic carbocycles. The standard InChI is InChI=1S/C24H34N4O2/c29-22-6-5-21(23(30)26-22)19-1-3-20(4-2-19)28-13-9-24(10-14-28)16-27(17-24)15-18-7-11-25-12-8-18/h1-4,18,21,25H,5-17H2,(H,26,29,30). The maximum absolute atomic E-state index is 12.1. The highest BCUT2D eigenvalue weighted by molar-refractivity contribution is 6.00. The third-order valence-electron chi connectivity index (χ3n) is 7.82. The van der Waals surface area contributed by atoms with Crippen molar-refractivity contribution in [1.82, 2.24) is 15.5 Å². The number of imide groups is 1. The van der Waals surface area contributed by atoms with E-state index in [2.05, 4.69) is 44.7 Å².